The maximum Gasteiger partial charge on any atom is 0.246 e. The second kappa shape index (κ2) is 6.96. The summed E-state index contributed by atoms with van der Waals surface area (Å²) in [6.45, 7) is 1.09. The van der Waals surface area contributed by atoms with Gasteiger partial charge < -0.3 is 14.8 Å². The normalized spacial score (nSPS) is 18.0. The quantitative estimate of drug-likeness (QED) is 0.884. The number of thiazole rings is 1. The fraction of sp³-hybridized carbons (Fsp3) is 0.421. The standard InChI is InChI=1S/C19H19N3O3S/c20-12-19(6-2-1-3-7-19)17(23)22-18-21-14(11-26-18)13-4-5-15-16(10-13)25-9-8-24-15/h4-5,10-11H,1-3,6-9H2,(H,21,22,23). The molecular formula is C19H19N3O3S. The fourth-order valence-electron chi connectivity index (χ4n) is 3.43. The van der Waals surface area contributed by atoms with Crippen LogP contribution in [0.5, 0.6) is 11.5 Å². The van der Waals surface area contributed by atoms with Crippen molar-refractivity contribution in [3.8, 4) is 28.8 Å². The minimum Gasteiger partial charge on any atom is -0.486 e. The van der Waals surface area contributed by atoms with Crippen LogP contribution in [0, 0.1) is 16.7 Å². The molecule has 0 atom stereocenters. The number of carbonyl (C=O) groups is 1. The average Bonchev–Trinajstić information content (AvgIpc) is 3.16. The molecule has 1 N–H and O–H groups in total. The highest BCUT2D eigenvalue weighted by Crippen LogP contribution is 2.38. The summed E-state index contributed by atoms with van der Waals surface area (Å²) in [4.78, 5) is 17.2. The van der Waals surface area contributed by atoms with Crippen molar-refractivity contribution in [3.63, 3.8) is 0 Å². The van der Waals surface area contributed by atoms with E-state index in [0.717, 1.165) is 36.3 Å². The summed E-state index contributed by atoms with van der Waals surface area (Å²) in [5.41, 5.74) is 0.747. The summed E-state index contributed by atoms with van der Waals surface area (Å²) in [5.74, 6) is 1.21. The summed E-state index contributed by atoms with van der Waals surface area (Å²) >= 11 is 1.36. The molecule has 2 heterocycles. The van der Waals surface area contributed by atoms with E-state index >= 15 is 0 Å². The lowest BCUT2D eigenvalue weighted by Gasteiger charge is -2.28. The number of hydrogen-bond acceptors (Lipinski definition) is 6. The van der Waals surface area contributed by atoms with E-state index in [0.29, 0.717) is 36.9 Å². The molecule has 0 saturated heterocycles. The Labute approximate surface area is 155 Å². The molecule has 1 fully saturated rings. The maximum atomic E-state index is 12.7. The zero-order chi connectivity index (χ0) is 18.0. The first-order chi connectivity index (χ1) is 12.7. The van der Waals surface area contributed by atoms with Crippen LogP contribution in [0.3, 0.4) is 0 Å². The molecule has 26 heavy (non-hydrogen) atoms. The third-order valence-electron chi connectivity index (χ3n) is 4.92. The van der Waals surface area contributed by atoms with E-state index in [9.17, 15) is 10.1 Å². The van der Waals surface area contributed by atoms with E-state index in [1.165, 1.54) is 11.3 Å². The topological polar surface area (TPSA) is 84.2 Å². The van der Waals surface area contributed by atoms with Crippen molar-refractivity contribution in [1.29, 1.82) is 5.26 Å². The Bertz CT molecular complexity index is 865. The van der Waals surface area contributed by atoms with Gasteiger partial charge in [-0.25, -0.2) is 4.98 Å². The minimum absolute atomic E-state index is 0.234. The van der Waals surface area contributed by atoms with Gasteiger partial charge in [0.05, 0.1) is 11.8 Å². The molecule has 4 rings (SSSR count). The van der Waals surface area contributed by atoms with Gasteiger partial charge in [-0.2, -0.15) is 5.26 Å². The number of aromatic nitrogens is 1. The molecule has 1 saturated carbocycles. The van der Waals surface area contributed by atoms with Gasteiger partial charge in [0.2, 0.25) is 5.91 Å². The highest BCUT2D eigenvalue weighted by atomic mass is 32.1. The molecule has 2 aliphatic rings. The fourth-order valence-corrected chi connectivity index (χ4v) is 4.14. The van der Waals surface area contributed by atoms with Crippen LogP contribution >= 0.6 is 11.3 Å². The van der Waals surface area contributed by atoms with Crippen LogP contribution in [0.4, 0.5) is 5.13 Å². The van der Waals surface area contributed by atoms with Gasteiger partial charge in [-0.05, 0) is 31.0 Å². The lowest BCUT2D eigenvalue weighted by Crippen LogP contribution is -2.36. The molecule has 0 bridgehead atoms. The van der Waals surface area contributed by atoms with Crippen molar-refractivity contribution in [3.05, 3.63) is 23.6 Å². The molecule has 1 aliphatic carbocycles. The molecule has 1 amide bonds. The number of nitriles is 1. The number of rotatable bonds is 3. The Morgan fingerprint density at radius 2 is 1.96 bits per heavy atom. The van der Waals surface area contributed by atoms with Gasteiger partial charge in [-0.1, -0.05) is 19.3 Å². The van der Waals surface area contributed by atoms with Gasteiger partial charge in [0.25, 0.3) is 0 Å². The number of nitrogens with zero attached hydrogens (tertiary/aromatic N) is 2. The predicted molar refractivity (Wildman–Crippen MR) is 98.3 cm³/mol. The summed E-state index contributed by atoms with van der Waals surface area (Å²) in [5, 5.41) is 14.8. The molecule has 134 valence electrons. The molecule has 7 heteroatoms. The number of hydrogen-bond donors (Lipinski definition) is 1. The van der Waals surface area contributed by atoms with Gasteiger partial charge in [-0.15, -0.1) is 11.3 Å². The van der Waals surface area contributed by atoms with Gasteiger partial charge in [0, 0.05) is 10.9 Å². The SMILES string of the molecule is N#CC1(C(=O)Nc2nc(-c3ccc4c(c3)OCCO4)cs2)CCCCC1. The van der Waals surface area contributed by atoms with E-state index in [2.05, 4.69) is 16.4 Å². The maximum absolute atomic E-state index is 12.7. The van der Waals surface area contributed by atoms with E-state index in [1.807, 2.05) is 23.6 Å². The number of fused-ring (bicyclic) bond motifs is 1. The second-order valence-electron chi connectivity index (χ2n) is 6.61. The second-order valence-corrected chi connectivity index (χ2v) is 7.46. The van der Waals surface area contributed by atoms with Crippen molar-refractivity contribution < 1.29 is 14.3 Å². The number of carbonyl (C=O) groups excluding carboxylic acids is 1. The number of benzene rings is 1. The summed E-state index contributed by atoms with van der Waals surface area (Å²) in [7, 11) is 0. The number of nitrogens with one attached hydrogen (secondary N) is 1. The molecule has 2 aromatic rings. The highest BCUT2D eigenvalue weighted by molar-refractivity contribution is 7.14. The van der Waals surface area contributed by atoms with Crippen LogP contribution < -0.4 is 14.8 Å². The Balaban J connectivity index is 1.51. The Hall–Kier alpha value is -2.59. The van der Waals surface area contributed by atoms with Crippen LogP contribution in [0.1, 0.15) is 32.1 Å². The van der Waals surface area contributed by atoms with E-state index < -0.39 is 5.41 Å². The molecule has 0 spiro atoms. The van der Waals surface area contributed by atoms with E-state index in [-0.39, 0.29) is 5.91 Å². The molecule has 0 radical (unpaired) electrons. The first kappa shape index (κ1) is 16.9. The van der Waals surface area contributed by atoms with Crippen molar-refractivity contribution >= 4 is 22.4 Å². The molecule has 6 nitrogen and oxygen atoms in total. The van der Waals surface area contributed by atoms with Crippen LogP contribution in [0.2, 0.25) is 0 Å². The smallest absolute Gasteiger partial charge is 0.246 e. The lowest BCUT2D eigenvalue weighted by molar-refractivity contribution is -0.124. The third kappa shape index (κ3) is 3.13. The Morgan fingerprint density at radius 3 is 2.73 bits per heavy atom. The van der Waals surface area contributed by atoms with E-state index in [4.69, 9.17) is 9.47 Å². The number of ether oxygens (including phenoxy) is 2. The van der Waals surface area contributed by atoms with Crippen molar-refractivity contribution in [1.82, 2.24) is 4.98 Å². The van der Waals surface area contributed by atoms with Crippen LogP contribution in [-0.4, -0.2) is 24.1 Å². The van der Waals surface area contributed by atoms with Crippen molar-refractivity contribution in [2.24, 2.45) is 5.41 Å². The highest BCUT2D eigenvalue weighted by Gasteiger charge is 2.40. The molecule has 0 unspecified atom stereocenters. The Kier molecular flexibility index (Phi) is 4.51. The van der Waals surface area contributed by atoms with Gasteiger partial charge >= 0.3 is 0 Å². The largest absolute Gasteiger partial charge is 0.486 e. The van der Waals surface area contributed by atoms with Crippen LogP contribution in [-0.2, 0) is 4.79 Å². The lowest BCUT2D eigenvalue weighted by atomic mass is 9.74. The van der Waals surface area contributed by atoms with E-state index in [1.54, 1.807) is 0 Å². The van der Waals surface area contributed by atoms with Crippen LogP contribution in [0.15, 0.2) is 23.6 Å². The van der Waals surface area contributed by atoms with Gasteiger partial charge in [0.15, 0.2) is 16.6 Å². The molecule has 1 aromatic heterocycles. The number of anilines is 1. The molecule has 1 aliphatic heterocycles. The van der Waals surface area contributed by atoms with Gasteiger partial charge in [-0.3, -0.25) is 4.79 Å². The average molecular weight is 369 g/mol. The molecule has 1 aromatic carbocycles. The van der Waals surface area contributed by atoms with Crippen molar-refractivity contribution in [2.75, 3.05) is 18.5 Å². The Morgan fingerprint density at radius 1 is 1.19 bits per heavy atom. The summed E-state index contributed by atoms with van der Waals surface area (Å²) in [6, 6.07) is 7.93. The predicted octanol–water partition coefficient (Wildman–Crippen LogP) is 3.99. The first-order valence-corrected chi connectivity index (χ1v) is 9.66. The third-order valence-corrected chi connectivity index (χ3v) is 5.68. The van der Waals surface area contributed by atoms with Gasteiger partial charge in [0.1, 0.15) is 18.6 Å². The zero-order valence-electron chi connectivity index (χ0n) is 14.3. The first-order valence-electron chi connectivity index (χ1n) is 8.78. The monoisotopic (exact) mass is 369 g/mol. The van der Waals surface area contributed by atoms with Crippen LogP contribution in [0.25, 0.3) is 11.3 Å². The summed E-state index contributed by atoms with van der Waals surface area (Å²) < 4.78 is 11.1. The number of amides is 1. The molecular weight excluding hydrogens is 350 g/mol. The summed E-state index contributed by atoms with van der Waals surface area (Å²) in [6.07, 6.45) is 4.16. The van der Waals surface area contributed by atoms with Crippen molar-refractivity contribution in [2.45, 2.75) is 32.1 Å². The zero-order valence-corrected chi connectivity index (χ0v) is 15.1. The minimum atomic E-state index is -0.916.